The summed E-state index contributed by atoms with van der Waals surface area (Å²) in [6.07, 6.45) is 2.96. The number of benzene rings is 1. The summed E-state index contributed by atoms with van der Waals surface area (Å²) >= 11 is 0. The molecule has 0 unspecified atom stereocenters. The number of rotatable bonds is 7. The number of aryl methyl sites for hydroxylation is 1. The number of ether oxygens (including phenoxy) is 1. The molecule has 25 heavy (non-hydrogen) atoms. The number of nitrogens with zero attached hydrogens (tertiary/aromatic N) is 1. The number of carbonyl (C=O) groups is 1. The summed E-state index contributed by atoms with van der Waals surface area (Å²) in [5.74, 6) is 0.162. The Bertz CT molecular complexity index is 841. The number of esters is 1. The van der Waals surface area contributed by atoms with E-state index < -0.39 is 5.97 Å². The molecule has 2 N–H and O–H groups in total. The molecule has 0 fully saturated rings. The highest BCUT2D eigenvalue weighted by molar-refractivity contribution is 5.87. The average Bonchev–Trinajstić information content (AvgIpc) is 3.19. The van der Waals surface area contributed by atoms with Gasteiger partial charge in [0.25, 0.3) is 0 Å². The quantitative estimate of drug-likeness (QED) is 0.496. The summed E-state index contributed by atoms with van der Waals surface area (Å²) in [6.45, 7) is 5.50. The number of carbonyl (C=O) groups excluding carboxylic acids is 1. The second kappa shape index (κ2) is 8.69. The number of hydrogen-bond acceptors (Lipinski definition) is 5. The van der Waals surface area contributed by atoms with E-state index in [0.717, 1.165) is 18.5 Å². The molecular formula is C18H22ClN3O3. The maximum atomic E-state index is 11.5. The van der Waals surface area contributed by atoms with Gasteiger partial charge < -0.3 is 19.6 Å². The largest absolute Gasteiger partial charge is 0.461 e. The van der Waals surface area contributed by atoms with Gasteiger partial charge in [-0.15, -0.1) is 12.4 Å². The van der Waals surface area contributed by atoms with E-state index in [0.29, 0.717) is 18.9 Å². The molecule has 2 heterocycles. The minimum atomic E-state index is -0.457. The molecule has 0 radical (unpaired) electrons. The van der Waals surface area contributed by atoms with Gasteiger partial charge in [0.1, 0.15) is 0 Å². The van der Waals surface area contributed by atoms with E-state index in [9.17, 15) is 4.79 Å². The van der Waals surface area contributed by atoms with Crippen molar-refractivity contribution in [2.75, 3.05) is 13.2 Å². The molecule has 0 aliphatic heterocycles. The molecule has 134 valence electrons. The SMILES string of the molecule is CCOC(=O)c1cc(CNCCc2c[nH]c3ccc(C)cc23)on1.Cl. The summed E-state index contributed by atoms with van der Waals surface area (Å²) < 4.78 is 10.0. The van der Waals surface area contributed by atoms with Gasteiger partial charge in [-0.25, -0.2) is 4.79 Å². The molecule has 7 heteroatoms. The van der Waals surface area contributed by atoms with E-state index >= 15 is 0 Å². The van der Waals surface area contributed by atoms with Crippen molar-refractivity contribution in [2.45, 2.75) is 26.8 Å². The van der Waals surface area contributed by atoms with Crippen molar-refractivity contribution in [1.29, 1.82) is 0 Å². The molecule has 0 aliphatic carbocycles. The molecule has 1 aromatic carbocycles. The number of H-pyrrole nitrogens is 1. The molecular weight excluding hydrogens is 342 g/mol. The normalized spacial score (nSPS) is 10.6. The first-order chi connectivity index (χ1) is 11.7. The van der Waals surface area contributed by atoms with Gasteiger partial charge in [-0.05, 0) is 44.5 Å². The Kier molecular flexibility index (Phi) is 6.61. The molecule has 0 atom stereocenters. The summed E-state index contributed by atoms with van der Waals surface area (Å²) in [6, 6.07) is 8.02. The van der Waals surface area contributed by atoms with Crippen molar-refractivity contribution >= 4 is 29.3 Å². The lowest BCUT2D eigenvalue weighted by atomic mass is 10.1. The molecule has 3 rings (SSSR count). The van der Waals surface area contributed by atoms with Gasteiger partial charge in [0.2, 0.25) is 0 Å². The fraction of sp³-hybridized carbons (Fsp3) is 0.333. The average molecular weight is 364 g/mol. The third kappa shape index (κ3) is 4.61. The zero-order valence-electron chi connectivity index (χ0n) is 14.3. The van der Waals surface area contributed by atoms with Crippen LogP contribution in [0.3, 0.4) is 0 Å². The number of nitrogens with one attached hydrogen (secondary N) is 2. The van der Waals surface area contributed by atoms with Crippen LogP contribution in [0.4, 0.5) is 0 Å². The highest BCUT2D eigenvalue weighted by Crippen LogP contribution is 2.19. The van der Waals surface area contributed by atoms with E-state index in [1.165, 1.54) is 16.5 Å². The van der Waals surface area contributed by atoms with Gasteiger partial charge in [-0.3, -0.25) is 0 Å². The van der Waals surface area contributed by atoms with E-state index in [-0.39, 0.29) is 18.1 Å². The first kappa shape index (κ1) is 19.0. The predicted octanol–water partition coefficient (Wildman–Crippen LogP) is 3.40. The zero-order valence-corrected chi connectivity index (χ0v) is 15.1. The van der Waals surface area contributed by atoms with Crippen molar-refractivity contribution < 1.29 is 14.1 Å². The Morgan fingerprint density at radius 1 is 1.36 bits per heavy atom. The van der Waals surface area contributed by atoms with Gasteiger partial charge in [0.05, 0.1) is 13.2 Å². The maximum absolute atomic E-state index is 11.5. The smallest absolute Gasteiger partial charge is 0.360 e. The van der Waals surface area contributed by atoms with E-state index in [4.69, 9.17) is 9.26 Å². The van der Waals surface area contributed by atoms with Crippen LogP contribution in [0.25, 0.3) is 10.9 Å². The molecule has 0 saturated heterocycles. The molecule has 0 aliphatic rings. The molecule has 0 amide bonds. The van der Waals surface area contributed by atoms with Crippen LogP contribution in [0.5, 0.6) is 0 Å². The summed E-state index contributed by atoms with van der Waals surface area (Å²) in [4.78, 5) is 14.8. The van der Waals surface area contributed by atoms with Crippen LogP contribution in [0.15, 0.2) is 35.0 Å². The monoisotopic (exact) mass is 363 g/mol. The van der Waals surface area contributed by atoms with Gasteiger partial charge in [-0.1, -0.05) is 16.8 Å². The van der Waals surface area contributed by atoms with Gasteiger partial charge in [0.15, 0.2) is 11.5 Å². The Labute approximate surface area is 152 Å². The van der Waals surface area contributed by atoms with Crippen LogP contribution < -0.4 is 5.32 Å². The molecule has 0 bridgehead atoms. The third-order valence-electron chi connectivity index (χ3n) is 3.84. The van der Waals surface area contributed by atoms with Crippen LogP contribution in [-0.2, 0) is 17.7 Å². The van der Waals surface area contributed by atoms with Crippen LogP contribution in [0.2, 0.25) is 0 Å². The molecule has 6 nitrogen and oxygen atoms in total. The highest BCUT2D eigenvalue weighted by Gasteiger charge is 2.13. The zero-order chi connectivity index (χ0) is 16.9. The maximum Gasteiger partial charge on any atom is 0.360 e. The lowest BCUT2D eigenvalue weighted by Crippen LogP contribution is -2.16. The van der Waals surface area contributed by atoms with E-state index in [1.807, 2.05) is 0 Å². The predicted molar refractivity (Wildman–Crippen MR) is 98.2 cm³/mol. The topological polar surface area (TPSA) is 80.1 Å². The minimum Gasteiger partial charge on any atom is -0.461 e. The number of aromatic nitrogens is 2. The Balaban J connectivity index is 0.00000225. The van der Waals surface area contributed by atoms with E-state index in [2.05, 4.69) is 46.8 Å². The lowest BCUT2D eigenvalue weighted by molar-refractivity contribution is 0.0514. The third-order valence-corrected chi connectivity index (χ3v) is 3.84. The Morgan fingerprint density at radius 2 is 2.20 bits per heavy atom. The van der Waals surface area contributed by atoms with E-state index in [1.54, 1.807) is 13.0 Å². The first-order valence-electron chi connectivity index (χ1n) is 8.07. The van der Waals surface area contributed by atoms with Crippen molar-refractivity contribution in [3.8, 4) is 0 Å². The number of aromatic amines is 1. The first-order valence-corrected chi connectivity index (χ1v) is 8.07. The number of hydrogen-bond donors (Lipinski definition) is 2. The van der Waals surface area contributed by atoms with Gasteiger partial charge in [0, 0.05) is 23.2 Å². The summed E-state index contributed by atoms with van der Waals surface area (Å²) in [7, 11) is 0. The molecule has 2 aromatic heterocycles. The lowest BCUT2D eigenvalue weighted by Gasteiger charge is -2.02. The van der Waals surface area contributed by atoms with Gasteiger partial charge in [-0.2, -0.15) is 0 Å². The van der Waals surface area contributed by atoms with Crippen LogP contribution >= 0.6 is 12.4 Å². The van der Waals surface area contributed by atoms with Crippen molar-refractivity contribution in [2.24, 2.45) is 0 Å². The van der Waals surface area contributed by atoms with Gasteiger partial charge >= 0.3 is 5.97 Å². The van der Waals surface area contributed by atoms with Crippen LogP contribution in [0, 0.1) is 6.92 Å². The standard InChI is InChI=1S/C18H21N3O3.ClH/c1-3-23-18(22)17-9-14(24-21-17)11-19-7-6-13-10-20-16-5-4-12(2)8-15(13)16;/h4-5,8-10,19-20H,3,6-7,11H2,1-2H3;1H. The number of halogens is 1. The number of fused-ring (bicyclic) bond motifs is 1. The fourth-order valence-electron chi connectivity index (χ4n) is 2.63. The summed E-state index contributed by atoms with van der Waals surface area (Å²) in [5, 5.41) is 8.29. The molecule has 0 spiro atoms. The minimum absolute atomic E-state index is 0. The van der Waals surface area contributed by atoms with Crippen molar-refractivity contribution in [1.82, 2.24) is 15.5 Å². The molecule has 0 saturated carbocycles. The summed E-state index contributed by atoms with van der Waals surface area (Å²) in [5.41, 5.74) is 3.90. The van der Waals surface area contributed by atoms with Crippen molar-refractivity contribution in [3.05, 3.63) is 53.0 Å². The van der Waals surface area contributed by atoms with Crippen LogP contribution in [0.1, 0.15) is 34.3 Å². The second-order valence-electron chi connectivity index (χ2n) is 5.69. The second-order valence-corrected chi connectivity index (χ2v) is 5.69. The van der Waals surface area contributed by atoms with Crippen molar-refractivity contribution in [3.63, 3.8) is 0 Å². The van der Waals surface area contributed by atoms with Crippen LogP contribution in [-0.4, -0.2) is 29.3 Å². The Morgan fingerprint density at radius 3 is 3.00 bits per heavy atom. The molecule has 3 aromatic rings. The Hall–Kier alpha value is -2.31. The highest BCUT2D eigenvalue weighted by atomic mass is 35.5. The fourth-order valence-corrected chi connectivity index (χ4v) is 2.63.